The van der Waals surface area contributed by atoms with Gasteiger partial charge in [0.2, 0.25) is 0 Å². The third kappa shape index (κ3) is 4.93. The first kappa shape index (κ1) is 14.9. The van der Waals surface area contributed by atoms with Crippen LogP contribution in [0.2, 0.25) is 0 Å². The molecule has 0 amide bonds. The van der Waals surface area contributed by atoms with Crippen LogP contribution in [0.25, 0.3) is 0 Å². The van der Waals surface area contributed by atoms with Crippen molar-refractivity contribution >= 4 is 53.5 Å². The molecule has 1 N–H and O–H groups in total. The SMILES string of the molecule is CC(C)[N+]([O-])=NNc1ccc(C(Br)(Br)Br)cc1. The summed E-state index contributed by atoms with van der Waals surface area (Å²) >= 11 is 10.3. The van der Waals surface area contributed by atoms with E-state index in [2.05, 4.69) is 58.4 Å². The second kappa shape index (κ2) is 6.15. The van der Waals surface area contributed by atoms with Gasteiger partial charge >= 0.3 is 0 Å². The second-order valence-electron chi connectivity index (χ2n) is 3.68. The summed E-state index contributed by atoms with van der Waals surface area (Å²) in [6, 6.07) is 7.31. The van der Waals surface area contributed by atoms with E-state index in [4.69, 9.17) is 0 Å². The Morgan fingerprint density at radius 3 is 2.18 bits per heavy atom. The Morgan fingerprint density at radius 1 is 1.24 bits per heavy atom. The number of nitrogens with one attached hydrogen (secondary N) is 1. The van der Waals surface area contributed by atoms with Gasteiger partial charge in [0.25, 0.3) is 0 Å². The molecule has 1 aromatic carbocycles. The molecule has 17 heavy (non-hydrogen) atoms. The largest absolute Gasteiger partial charge is 0.696 e. The third-order valence-corrected chi connectivity index (χ3v) is 3.31. The fourth-order valence-electron chi connectivity index (χ4n) is 0.956. The Labute approximate surface area is 125 Å². The van der Waals surface area contributed by atoms with Crippen LogP contribution in [0.5, 0.6) is 0 Å². The van der Waals surface area contributed by atoms with Crippen LogP contribution in [-0.4, -0.2) is 10.9 Å². The van der Waals surface area contributed by atoms with Gasteiger partial charge in [0.05, 0.1) is 5.22 Å². The number of alkyl halides is 3. The molecule has 0 saturated carbocycles. The molecular weight excluding hydrogens is 418 g/mol. The Bertz CT molecular complexity index is 398. The summed E-state index contributed by atoms with van der Waals surface area (Å²) in [5.41, 5.74) is 4.46. The Hall–Kier alpha value is -0.140. The van der Waals surface area contributed by atoms with Gasteiger partial charge in [-0.3, -0.25) is 0 Å². The molecule has 0 atom stereocenters. The zero-order valence-corrected chi connectivity index (χ0v) is 14.1. The van der Waals surface area contributed by atoms with Crippen LogP contribution >= 0.6 is 47.8 Å². The summed E-state index contributed by atoms with van der Waals surface area (Å²) in [4.78, 5) is 0.623. The molecule has 4 nitrogen and oxygen atoms in total. The van der Waals surface area contributed by atoms with Crippen molar-refractivity contribution in [2.75, 3.05) is 5.43 Å². The molecule has 0 radical (unpaired) electrons. The highest BCUT2D eigenvalue weighted by Crippen LogP contribution is 2.44. The minimum atomic E-state index is -0.425. The molecule has 0 heterocycles. The van der Waals surface area contributed by atoms with E-state index in [0.717, 1.165) is 11.3 Å². The first-order valence-corrected chi connectivity index (χ1v) is 7.29. The van der Waals surface area contributed by atoms with Gasteiger partial charge in [-0.25, -0.2) is 0 Å². The summed E-state index contributed by atoms with van der Waals surface area (Å²) < 4.78 is -0.425. The van der Waals surface area contributed by atoms with Crippen LogP contribution in [0, 0.1) is 5.21 Å². The summed E-state index contributed by atoms with van der Waals surface area (Å²) in [6.45, 7) is 3.55. The molecule has 0 bridgehead atoms. The summed E-state index contributed by atoms with van der Waals surface area (Å²) in [7, 11) is 0. The van der Waals surface area contributed by atoms with E-state index in [1.165, 1.54) is 0 Å². The normalized spacial score (nSPS) is 12.9. The molecule has 0 saturated heterocycles. The van der Waals surface area contributed by atoms with E-state index in [1.54, 1.807) is 13.8 Å². The number of nitrogens with zero attached hydrogens (tertiary/aromatic N) is 2. The molecule has 94 valence electrons. The average molecular weight is 430 g/mol. The average Bonchev–Trinajstić information content (AvgIpc) is 2.25. The fourth-order valence-corrected chi connectivity index (χ4v) is 1.75. The lowest BCUT2D eigenvalue weighted by Crippen LogP contribution is -2.13. The van der Waals surface area contributed by atoms with Gasteiger partial charge in [-0.2, -0.15) is 4.86 Å². The first-order chi connectivity index (χ1) is 7.80. The molecule has 0 fully saturated rings. The van der Waals surface area contributed by atoms with Gasteiger partial charge in [-0.1, -0.05) is 59.9 Å². The molecule has 0 aliphatic heterocycles. The maximum atomic E-state index is 11.2. The zero-order chi connectivity index (χ0) is 13.1. The number of hydrogen-bond donors (Lipinski definition) is 1. The van der Waals surface area contributed by atoms with Crippen molar-refractivity contribution in [2.24, 2.45) is 5.22 Å². The third-order valence-electron chi connectivity index (χ3n) is 1.93. The molecule has 1 aromatic rings. The molecule has 0 aliphatic rings. The molecular formula is C10H12Br3N3O. The van der Waals surface area contributed by atoms with Crippen molar-refractivity contribution in [2.45, 2.75) is 22.0 Å². The van der Waals surface area contributed by atoms with Gasteiger partial charge in [0.1, 0.15) is 11.7 Å². The maximum absolute atomic E-state index is 11.2. The van der Waals surface area contributed by atoms with Crippen molar-refractivity contribution < 1.29 is 4.86 Å². The highest BCUT2D eigenvalue weighted by Gasteiger charge is 2.20. The van der Waals surface area contributed by atoms with Gasteiger partial charge in [0.15, 0.2) is 2.14 Å². The van der Waals surface area contributed by atoms with Crippen LogP contribution in [0.15, 0.2) is 29.5 Å². The lowest BCUT2D eigenvalue weighted by molar-refractivity contribution is -0.559. The Kier molecular flexibility index (Phi) is 5.40. The number of hydrogen-bond acceptors (Lipinski definition) is 2. The highest BCUT2D eigenvalue weighted by atomic mass is 80.0. The summed E-state index contributed by atoms with van der Waals surface area (Å²) in [6.07, 6.45) is 0. The Balaban J connectivity index is 2.73. The maximum Gasteiger partial charge on any atom is 0.159 e. The van der Waals surface area contributed by atoms with Gasteiger partial charge in [-0.05, 0) is 31.5 Å². The molecule has 0 aromatic heterocycles. The lowest BCUT2D eigenvalue weighted by Gasteiger charge is -2.12. The van der Waals surface area contributed by atoms with E-state index < -0.39 is 2.14 Å². The molecule has 0 unspecified atom stereocenters. The number of hydroxylamine groups is 1. The van der Waals surface area contributed by atoms with Crippen LogP contribution < -0.4 is 5.43 Å². The van der Waals surface area contributed by atoms with E-state index in [0.29, 0.717) is 4.86 Å². The van der Waals surface area contributed by atoms with Crippen LogP contribution in [-0.2, 0) is 2.14 Å². The van der Waals surface area contributed by atoms with Gasteiger partial charge < -0.3 is 5.21 Å². The van der Waals surface area contributed by atoms with Crippen LogP contribution in [0.4, 0.5) is 5.69 Å². The van der Waals surface area contributed by atoms with Crippen molar-refractivity contribution in [3.63, 3.8) is 0 Å². The Morgan fingerprint density at radius 2 is 1.76 bits per heavy atom. The van der Waals surface area contributed by atoms with E-state index in [-0.39, 0.29) is 6.04 Å². The van der Waals surface area contributed by atoms with Gasteiger partial charge in [0, 0.05) is 0 Å². The molecule has 0 aliphatic carbocycles. The minimum absolute atomic E-state index is 0.179. The second-order valence-corrected chi connectivity index (χ2v) is 10.4. The topological polar surface area (TPSA) is 50.5 Å². The van der Waals surface area contributed by atoms with E-state index >= 15 is 0 Å². The summed E-state index contributed by atoms with van der Waals surface area (Å²) in [5.74, 6) is 0. The monoisotopic (exact) mass is 427 g/mol. The molecule has 1 rings (SSSR count). The van der Waals surface area contributed by atoms with Crippen molar-refractivity contribution in [1.29, 1.82) is 0 Å². The van der Waals surface area contributed by atoms with Crippen LogP contribution in [0.3, 0.4) is 0 Å². The smallest absolute Gasteiger partial charge is 0.159 e. The quantitative estimate of drug-likeness (QED) is 0.328. The van der Waals surface area contributed by atoms with Gasteiger partial charge in [-0.15, -0.1) is 5.43 Å². The number of anilines is 1. The van der Waals surface area contributed by atoms with Crippen molar-refractivity contribution in [3.8, 4) is 0 Å². The molecule has 0 spiro atoms. The number of halogens is 3. The predicted molar refractivity (Wildman–Crippen MR) is 79.7 cm³/mol. The zero-order valence-electron chi connectivity index (χ0n) is 9.32. The van der Waals surface area contributed by atoms with Crippen molar-refractivity contribution in [3.05, 3.63) is 35.0 Å². The van der Waals surface area contributed by atoms with Crippen LogP contribution in [0.1, 0.15) is 19.4 Å². The number of benzene rings is 1. The standard InChI is InChI=1S/C10H12Br3N3O/c1-7(2)16(17)15-14-9-5-3-8(4-6-9)10(11,12)13/h3-7,14H,1-2H3. The first-order valence-electron chi connectivity index (χ1n) is 4.91. The highest BCUT2D eigenvalue weighted by molar-refractivity contribution is 9.38. The van der Waals surface area contributed by atoms with Crippen molar-refractivity contribution in [1.82, 2.24) is 0 Å². The fraction of sp³-hybridized carbons (Fsp3) is 0.400. The van der Waals surface area contributed by atoms with E-state index in [9.17, 15) is 5.21 Å². The number of rotatable bonds is 3. The minimum Gasteiger partial charge on any atom is -0.696 e. The predicted octanol–water partition coefficient (Wildman–Crippen LogP) is 4.68. The lowest BCUT2D eigenvalue weighted by atomic mass is 10.2. The molecule has 7 heteroatoms. The van der Waals surface area contributed by atoms with E-state index in [1.807, 2.05) is 24.3 Å². The summed E-state index contributed by atoms with van der Waals surface area (Å²) in [5, 5.41) is 14.9.